The van der Waals surface area contributed by atoms with Crippen molar-refractivity contribution in [3.63, 3.8) is 0 Å². The van der Waals surface area contributed by atoms with E-state index in [-0.39, 0.29) is 4.90 Å². The van der Waals surface area contributed by atoms with Gasteiger partial charge in [0.15, 0.2) is 0 Å². The lowest BCUT2D eigenvalue weighted by Crippen LogP contribution is -2.31. The third kappa shape index (κ3) is 3.24. The van der Waals surface area contributed by atoms with E-state index in [0.29, 0.717) is 0 Å². The second-order valence-corrected chi connectivity index (χ2v) is 2.32. The van der Waals surface area contributed by atoms with Crippen molar-refractivity contribution in [1.29, 1.82) is 0 Å². The van der Waals surface area contributed by atoms with E-state index in [1.807, 2.05) is 0 Å². The van der Waals surface area contributed by atoms with Gasteiger partial charge in [-0.25, -0.2) is 0 Å². The molecule has 1 aromatic rings. The van der Waals surface area contributed by atoms with Gasteiger partial charge in [-0.2, -0.15) is 0 Å². The van der Waals surface area contributed by atoms with Gasteiger partial charge in [0, 0.05) is 15.6 Å². The fraction of sp³-hybridized carbons (Fsp3) is 0.385. The van der Waals surface area contributed by atoms with Crippen molar-refractivity contribution >= 4 is 0 Å². The molecule has 0 unspecified atom stereocenters. The van der Waals surface area contributed by atoms with Gasteiger partial charge >= 0.3 is 0 Å². The quantitative estimate of drug-likeness (QED) is 0.675. The number of benzene rings is 1. The first-order valence-corrected chi connectivity index (χ1v) is 3.67. The molecule has 1 rings (SSSR count). The third-order valence-corrected chi connectivity index (χ3v) is 1.34. The summed E-state index contributed by atoms with van der Waals surface area (Å²) in [6.45, 7) is -10.2. The molecule has 0 spiro atoms. The summed E-state index contributed by atoms with van der Waals surface area (Å²) < 4.78 is 108. The Kier molecular flexibility index (Phi) is 0.959. The summed E-state index contributed by atoms with van der Waals surface area (Å²) in [7, 11) is 0. The summed E-state index contributed by atoms with van der Waals surface area (Å²) in [5, 5.41) is 0. The van der Waals surface area contributed by atoms with Gasteiger partial charge in [-0.15, -0.1) is 6.42 Å². The zero-order valence-electron chi connectivity index (χ0n) is 21.2. The Morgan fingerprint density at radius 3 is 3.07 bits per heavy atom. The first-order chi connectivity index (χ1) is 12.3. The highest BCUT2D eigenvalue weighted by atomic mass is 15.1. The molecule has 0 aliphatic carbocycles. The van der Waals surface area contributed by atoms with E-state index in [1.165, 1.54) is 5.92 Å². The molecule has 0 heterocycles. The average Bonchev–Trinajstić information content (AvgIpc) is 2.52. The van der Waals surface area contributed by atoms with Crippen LogP contribution < -0.4 is 0 Å². The second-order valence-electron chi connectivity index (χ2n) is 2.32. The number of hydrogen-bond donors (Lipinski definition) is 0. The molecule has 74 valence electrons. The predicted molar refractivity (Wildman–Crippen MR) is 61.1 cm³/mol. The van der Waals surface area contributed by atoms with E-state index < -0.39 is 68.5 Å². The molecule has 1 aromatic carbocycles. The normalized spacial score (nSPS) is 32.0. The highest BCUT2D eigenvalue weighted by molar-refractivity contribution is 5.15. The van der Waals surface area contributed by atoms with Crippen LogP contribution in [0.15, 0.2) is 30.2 Å². The van der Waals surface area contributed by atoms with Crippen molar-refractivity contribution < 1.29 is 19.2 Å². The maximum absolute atomic E-state index is 8.40. The van der Waals surface area contributed by atoms with E-state index in [4.69, 9.17) is 25.6 Å². The minimum Gasteiger partial charge on any atom is -0.292 e. The Morgan fingerprint density at radius 2 is 2.50 bits per heavy atom. The molecule has 0 saturated carbocycles. The number of nitrogens with zero attached hydrogens (tertiary/aromatic N) is 1. The van der Waals surface area contributed by atoms with Crippen LogP contribution in [0.4, 0.5) is 0 Å². The first kappa shape index (κ1) is 2.46. The number of terminal acetylenes is 1. The molecule has 0 aromatic heterocycles. The van der Waals surface area contributed by atoms with Crippen LogP contribution in [-0.4, -0.2) is 24.4 Å². The molecule has 0 aliphatic rings. The molecule has 0 N–H and O–H groups in total. The topological polar surface area (TPSA) is 3.24 Å². The minimum atomic E-state index is -3.49. The molecule has 0 amide bonds. The molecule has 0 bridgehead atoms. The van der Waals surface area contributed by atoms with Crippen LogP contribution in [0.5, 0.6) is 0 Å². The molecule has 14 heavy (non-hydrogen) atoms. The van der Waals surface area contributed by atoms with Crippen LogP contribution >= 0.6 is 0 Å². The van der Waals surface area contributed by atoms with Gasteiger partial charge in [-0.1, -0.05) is 36.1 Å². The van der Waals surface area contributed by atoms with Crippen molar-refractivity contribution in [2.45, 2.75) is 19.3 Å². The van der Waals surface area contributed by atoms with E-state index in [0.717, 1.165) is 0 Å². The smallest absolute Gasteiger partial charge is 0.0626 e. The van der Waals surface area contributed by atoms with Gasteiger partial charge in [0.2, 0.25) is 0 Å². The van der Waals surface area contributed by atoms with Crippen molar-refractivity contribution in [3.05, 3.63) is 35.8 Å². The summed E-state index contributed by atoms with van der Waals surface area (Å²) in [4.78, 5) is -0.305. The van der Waals surface area contributed by atoms with Crippen molar-refractivity contribution in [2.24, 2.45) is 0 Å². The van der Waals surface area contributed by atoms with E-state index in [2.05, 4.69) is 0 Å². The highest BCUT2D eigenvalue weighted by Crippen LogP contribution is 2.06. The first-order valence-electron chi connectivity index (χ1n) is 10.7. The molecule has 1 heteroatoms. The Labute approximate surface area is 106 Å². The van der Waals surface area contributed by atoms with E-state index in [1.54, 1.807) is 0 Å². The predicted octanol–water partition coefficient (Wildman–Crippen LogP) is 2.18. The van der Waals surface area contributed by atoms with Gasteiger partial charge in [0.1, 0.15) is 0 Å². The lowest BCUT2D eigenvalue weighted by Gasteiger charge is -2.22. The summed E-state index contributed by atoms with van der Waals surface area (Å²) in [5.41, 5.74) is -0.640. The number of hydrogen-bond acceptors (Lipinski definition) is 1. The zero-order valence-corrected chi connectivity index (χ0v) is 7.23. The third-order valence-electron chi connectivity index (χ3n) is 1.34. The second kappa shape index (κ2) is 5.47. The van der Waals surface area contributed by atoms with E-state index in [9.17, 15) is 0 Å². The summed E-state index contributed by atoms with van der Waals surface area (Å²) >= 11 is 0. The SMILES string of the molecule is [2H]c1c([2H])c([2H])c(C[C@]([2H])(N(C([2H])([2H])[2H])C([2H])([2H])C#C)C([2H])([2H])[2H])c([2H])c1[2H]. The monoisotopic (exact) mass is 201 g/mol. The van der Waals surface area contributed by atoms with Crippen LogP contribution in [0.25, 0.3) is 0 Å². The van der Waals surface area contributed by atoms with Gasteiger partial charge < -0.3 is 0 Å². The molecule has 0 aliphatic heterocycles. The molecule has 1 atom stereocenters. The molecular weight excluding hydrogens is 170 g/mol. The van der Waals surface area contributed by atoms with Crippen molar-refractivity contribution in [1.82, 2.24) is 4.90 Å². The molecule has 0 fully saturated rings. The van der Waals surface area contributed by atoms with E-state index >= 15 is 0 Å². The Hall–Kier alpha value is -1.26. The molecular formula is C13H17N. The Bertz CT molecular complexity index is 772. The standard InChI is InChI=1S/C13H17N/c1-4-10-14(3)12(2)11-13-8-6-5-7-9-13/h1,5-9,12H,10-11H2,2-3H3/t12-/m1/s1/i2D3,3D3,5D,6D,7D,8D,9D,10D2,12D. The van der Waals surface area contributed by atoms with Crippen LogP contribution in [0.2, 0.25) is 0 Å². The zero-order chi connectivity index (χ0) is 22.5. The van der Waals surface area contributed by atoms with Crippen molar-refractivity contribution in [2.75, 3.05) is 13.5 Å². The molecule has 0 saturated heterocycles. The maximum atomic E-state index is 8.40. The number of likely N-dealkylation sites (N-methyl/N-ethyl adjacent to an activating group) is 1. The maximum Gasteiger partial charge on any atom is 0.0626 e. The van der Waals surface area contributed by atoms with Crippen molar-refractivity contribution in [3.8, 4) is 12.3 Å². The van der Waals surface area contributed by atoms with Crippen LogP contribution in [0.3, 0.4) is 0 Å². The average molecular weight is 201 g/mol. The van der Waals surface area contributed by atoms with Gasteiger partial charge in [-0.05, 0) is 25.8 Å². The highest BCUT2D eigenvalue weighted by Gasteiger charge is 2.07. The lowest BCUT2D eigenvalue weighted by atomic mass is 10.1. The summed E-state index contributed by atoms with van der Waals surface area (Å²) in [6, 6.07) is -7.28. The summed E-state index contributed by atoms with van der Waals surface area (Å²) in [6.07, 6.45) is 3.81. The minimum absolute atomic E-state index is 0.305. The Balaban J connectivity index is 3.87. The molecule has 0 radical (unpaired) electrons. The fourth-order valence-corrected chi connectivity index (χ4v) is 0.743. The molecule has 1 nitrogen and oxygen atoms in total. The van der Waals surface area contributed by atoms with Gasteiger partial charge in [0.25, 0.3) is 0 Å². The Morgan fingerprint density at radius 1 is 1.71 bits per heavy atom. The van der Waals surface area contributed by atoms with Gasteiger partial charge in [0.05, 0.1) is 16.1 Å². The van der Waals surface area contributed by atoms with Crippen LogP contribution in [0.1, 0.15) is 31.6 Å². The number of rotatable bonds is 4. The fourth-order valence-electron chi connectivity index (χ4n) is 0.743. The summed E-state index contributed by atoms with van der Waals surface area (Å²) in [5.74, 6) is 1.50. The largest absolute Gasteiger partial charge is 0.292 e. The lowest BCUT2D eigenvalue weighted by molar-refractivity contribution is 0.287. The van der Waals surface area contributed by atoms with Crippen LogP contribution in [0, 0.1) is 12.3 Å². The van der Waals surface area contributed by atoms with Gasteiger partial charge in [-0.3, -0.25) is 4.90 Å². The van der Waals surface area contributed by atoms with Crippen LogP contribution in [-0.2, 0) is 6.42 Å².